The summed E-state index contributed by atoms with van der Waals surface area (Å²) in [7, 11) is 0. The fourth-order valence-corrected chi connectivity index (χ4v) is 2.44. The molecule has 1 aromatic rings. The summed E-state index contributed by atoms with van der Waals surface area (Å²) >= 11 is 0. The number of benzene rings is 1. The number of alkyl halides is 3. The summed E-state index contributed by atoms with van der Waals surface area (Å²) in [5.74, 6) is 6.04. The summed E-state index contributed by atoms with van der Waals surface area (Å²) in [6.45, 7) is 0. The van der Waals surface area contributed by atoms with Crippen LogP contribution < -0.4 is 0 Å². The number of rotatable bonds is 0. The third-order valence-electron chi connectivity index (χ3n) is 3.50. The van der Waals surface area contributed by atoms with Crippen molar-refractivity contribution < 1.29 is 13.2 Å². The van der Waals surface area contributed by atoms with E-state index in [-0.39, 0.29) is 11.5 Å². The Labute approximate surface area is 112 Å². The van der Waals surface area contributed by atoms with Crippen molar-refractivity contribution in [2.45, 2.75) is 44.7 Å². The molecule has 0 heterocycles. The van der Waals surface area contributed by atoms with Crippen LogP contribution in [0.3, 0.4) is 0 Å². The van der Waals surface area contributed by atoms with Crippen molar-refractivity contribution in [2.75, 3.05) is 0 Å². The van der Waals surface area contributed by atoms with Gasteiger partial charge in [-0.2, -0.15) is 13.2 Å². The quantitative estimate of drug-likeness (QED) is 0.456. The lowest BCUT2D eigenvalue weighted by Gasteiger charge is -2.09. The molecule has 0 N–H and O–H groups in total. The van der Waals surface area contributed by atoms with E-state index >= 15 is 0 Å². The normalized spacial score (nSPS) is 17.4. The van der Waals surface area contributed by atoms with Crippen LogP contribution in [-0.2, 0) is 6.18 Å². The van der Waals surface area contributed by atoms with Gasteiger partial charge in [-0.3, -0.25) is 0 Å². The smallest absolute Gasteiger partial charge is 0.166 e. The van der Waals surface area contributed by atoms with Gasteiger partial charge >= 0.3 is 6.18 Å². The second-order valence-electron chi connectivity index (χ2n) is 5.00. The molecule has 1 aromatic carbocycles. The molecule has 1 aliphatic rings. The lowest BCUT2D eigenvalue weighted by Crippen LogP contribution is -2.07. The lowest BCUT2D eigenvalue weighted by molar-refractivity contribution is -0.137. The zero-order valence-corrected chi connectivity index (χ0v) is 10.8. The molecule has 3 heteroatoms. The van der Waals surface area contributed by atoms with E-state index in [4.69, 9.17) is 0 Å². The minimum atomic E-state index is -4.32. The predicted molar refractivity (Wildman–Crippen MR) is 69.5 cm³/mol. The van der Waals surface area contributed by atoms with Gasteiger partial charge in [0.15, 0.2) is 0 Å². The number of hydrogen-bond acceptors (Lipinski definition) is 0. The molecule has 1 fully saturated rings. The molecule has 0 saturated heterocycles. The maximum atomic E-state index is 12.8. The highest BCUT2D eigenvalue weighted by Gasteiger charge is 2.32. The second-order valence-corrected chi connectivity index (χ2v) is 5.00. The molecule has 0 amide bonds. The van der Waals surface area contributed by atoms with Crippen LogP contribution in [0.15, 0.2) is 24.3 Å². The summed E-state index contributed by atoms with van der Waals surface area (Å²) in [5, 5.41) is 0. The second kappa shape index (κ2) is 6.14. The topological polar surface area (TPSA) is 0 Å². The van der Waals surface area contributed by atoms with E-state index in [1.165, 1.54) is 25.0 Å². The Balaban J connectivity index is 2.19. The summed E-state index contributed by atoms with van der Waals surface area (Å²) in [5.41, 5.74) is -0.532. The van der Waals surface area contributed by atoms with E-state index in [0.717, 1.165) is 31.7 Å². The lowest BCUT2D eigenvalue weighted by atomic mass is 10.00. The molecule has 0 radical (unpaired) electrons. The summed E-state index contributed by atoms with van der Waals surface area (Å²) in [6.07, 6.45) is 2.42. The standard InChI is InChI=1S/C16H17F3/c17-16(18,19)15-10-6-5-9-14(15)12-11-13-7-3-1-2-4-8-13/h5-6,9-10,13H,1-4,7-8H2. The first kappa shape index (κ1) is 14.0. The zero-order chi connectivity index (χ0) is 13.7. The first-order valence-electron chi connectivity index (χ1n) is 6.75. The van der Waals surface area contributed by atoms with E-state index in [1.807, 2.05) is 0 Å². The SMILES string of the molecule is FC(F)(F)c1ccccc1C#CC1CCCCCC1. The summed E-state index contributed by atoms with van der Waals surface area (Å²) < 4.78 is 38.4. The molecule has 2 rings (SSSR count). The van der Waals surface area contributed by atoms with Crippen LogP contribution in [0.1, 0.15) is 49.7 Å². The molecule has 0 spiro atoms. The van der Waals surface area contributed by atoms with Gasteiger partial charge < -0.3 is 0 Å². The van der Waals surface area contributed by atoms with E-state index in [9.17, 15) is 13.2 Å². The Morgan fingerprint density at radius 3 is 2.21 bits per heavy atom. The van der Waals surface area contributed by atoms with Crippen LogP contribution in [0, 0.1) is 17.8 Å². The first-order chi connectivity index (χ1) is 9.07. The Morgan fingerprint density at radius 2 is 1.58 bits per heavy atom. The maximum absolute atomic E-state index is 12.8. The molecule has 0 aromatic heterocycles. The third kappa shape index (κ3) is 4.02. The predicted octanol–water partition coefficient (Wildman–Crippen LogP) is 5.03. The zero-order valence-electron chi connectivity index (χ0n) is 10.8. The molecule has 1 saturated carbocycles. The van der Waals surface area contributed by atoms with Gasteiger partial charge in [0.25, 0.3) is 0 Å². The molecule has 102 valence electrons. The third-order valence-corrected chi connectivity index (χ3v) is 3.50. The van der Waals surface area contributed by atoms with Crippen LogP contribution >= 0.6 is 0 Å². The number of halogens is 3. The van der Waals surface area contributed by atoms with Crippen molar-refractivity contribution in [1.82, 2.24) is 0 Å². The van der Waals surface area contributed by atoms with Gasteiger partial charge in [0.1, 0.15) is 0 Å². The van der Waals surface area contributed by atoms with Crippen molar-refractivity contribution in [1.29, 1.82) is 0 Å². The minimum Gasteiger partial charge on any atom is -0.166 e. The van der Waals surface area contributed by atoms with Crippen molar-refractivity contribution in [3.8, 4) is 11.8 Å². The van der Waals surface area contributed by atoms with Gasteiger partial charge in [-0.15, -0.1) is 0 Å². The molecular weight excluding hydrogens is 249 g/mol. The maximum Gasteiger partial charge on any atom is 0.417 e. The van der Waals surface area contributed by atoms with Crippen LogP contribution in [0.5, 0.6) is 0 Å². The van der Waals surface area contributed by atoms with E-state index in [1.54, 1.807) is 6.07 Å². The highest BCUT2D eigenvalue weighted by molar-refractivity contribution is 5.43. The average molecular weight is 266 g/mol. The Bertz CT molecular complexity index is 469. The fourth-order valence-electron chi connectivity index (χ4n) is 2.44. The molecular formula is C16H17F3. The van der Waals surface area contributed by atoms with Gasteiger partial charge in [0, 0.05) is 11.5 Å². The molecule has 0 atom stereocenters. The van der Waals surface area contributed by atoms with Crippen molar-refractivity contribution in [3.63, 3.8) is 0 Å². The number of hydrogen-bond donors (Lipinski definition) is 0. The minimum absolute atomic E-state index is 0.0965. The molecule has 19 heavy (non-hydrogen) atoms. The van der Waals surface area contributed by atoms with E-state index in [0.29, 0.717) is 0 Å². The Hall–Kier alpha value is -1.43. The van der Waals surface area contributed by atoms with Gasteiger partial charge in [0.05, 0.1) is 5.56 Å². The molecule has 0 unspecified atom stereocenters. The Morgan fingerprint density at radius 1 is 0.947 bits per heavy atom. The fraction of sp³-hybridized carbons (Fsp3) is 0.500. The van der Waals surface area contributed by atoms with Crippen LogP contribution in [0.4, 0.5) is 13.2 Å². The summed E-state index contributed by atoms with van der Waals surface area (Å²) in [6, 6.07) is 5.55. The van der Waals surface area contributed by atoms with Crippen LogP contribution in [0.25, 0.3) is 0 Å². The molecule has 1 aliphatic carbocycles. The van der Waals surface area contributed by atoms with Crippen LogP contribution in [0.2, 0.25) is 0 Å². The van der Waals surface area contributed by atoms with Gasteiger partial charge in [0.2, 0.25) is 0 Å². The van der Waals surface area contributed by atoms with E-state index in [2.05, 4.69) is 11.8 Å². The summed E-state index contributed by atoms with van der Waals surface area (Å²) in [4.78, 5) is 0. The highest BCUT2D eigenvalue weighted by atomic mass is 19.4. The van der Waals surface area contributed by atoms with Gasteiger partial charge in [-0.05, 0) is 25.0 Å². The van der Waals surface area contributed by atoms with E-state index < -0.39 is 11.7 Å². The van der Waals surface area contributed by atoms with Gasteiger partial charge in [-0.1, -0.05) is 49.7 Å². The first-order valence-corrected chi connectivity index (χ1v) is 6.75. The monoisotopic (exact) mass is 266 g/mol. The van der Waals surface area contributed by atoms with Crippen LogP contribution in [-0.4, -0.2) is 0 Å². The molecule has 0 aliphatic heterocycles. The Kier molecular flexibility index (Phi) is 4.52. The largest absolute Gasteiger partial charge is 0.417 e. The molecule has 0 nitrogen and oxygen atoms in total. The highest BCUT2D eigenvalue weighted by Crippen LogP contribution is 2.31. The van der Waals surface area contributed by atoms with Crippen molar-refractivity contribution >= 4 is 0 Å². The van der Waals surface area contributed by atoms with Crippen molar-refractivity contribution in [3.05, 3.63) is 35.4 Å². The van der Waals surface area contributed by atoms with Crippen molar-refractivity contribution in [2.24, 2.45) is 5.92 Å². The molecule has 0 bridgehead atoms. The van der Waals surface area contributed by atoms with Gasteiger partial charge in [-0.25, -0.2) is 0 Å². The average Bonchev–Trinajstić information content (AvgIpc) is 2.64.